The molecular weight excluding hydrogens is 561 g/mol. The topological polar surface area (TPSA) is 123 Å². The van der Waals surface area contributed by atoms with Crippen LogP contribution in [-0.4, -0.2) is 38.7 Å². The van der Waals surface area contributed by atoms with E-state index in [0.29, 0.717) is 25.1 Å². The van der Waals surface area contributed by atoms with Gasteiger partial charge in [-0.15, -0.1) is 0 Å². The van der Waals surface area contributed by atoms with E-state index in [-0.39, 0.29) is 57.0 Å². The molecule has 43 heavy (non-hydrogen) atoms. The summed E-state index contributed by atoms with van der Waals surface area (Å²) in [5.41, 5.74) is 5.54. The smallest absolute Gasteiger partial charge is 0.383 e. The van der Waals surface area contributed by atoms with Crippen molar-refractivity contribution in [3.63, 3.8) is 0 Å². The number of carbonyl (C=O) groups excluding carboxylic acids is 3. The third kappa shape index (κ3) is 5.76. The van der Waals surface area contributed by atoms with Crippen molar-refractivity contribution >= 4 is 45.8 Å². The average molecular weight is 589 g/mol. The lowest BCUT2D eigenvalue weighted by molar-refractivity contribution is -0.142. The van der Waals surface area contributed by atoms with Crippen LogP contribution in [0, 0.1) is 0 Å². The molecule has 5 rings (SSSR count). The monoisotopic (exact) mass is 588 g/mol. The number of nitrogens with one attached hydrogen (secondary N) is 1. The SMILES string of the molecule is C=C1/C=C(/C(=O)Nc2ccc(-c3c(C(F)(F)F)n(C)c4ncnc(N)c34)cc2)C(=O)N(c2ccccc2)CCCCC1=O. The summed E-state index contributed by atoms with van der Waals surface area (Å²) in [6.45, 7) is 4.05. The maximum atomic E-state index is 14.1. The summed E-state index contributed by atoms with van der Waals surface area (Å²) in [5, 5.41) is 2.68. The Hall–Kier alpha value is -5.26. The van der Waals surface area contributed by atoms with Gasteiger partial charge in [-0.05, 0) is 48.7 Å². The van der Waals surface area contributed by atoms with Gasteiger partial charge in [0.15, 0.2) is 5.78 Å². The van der Waals surface area contributed by atoms with Crippen molar-refractivity contribution in [2.75, 3.05) is 22.5 Å². The highest BCUT2D eigenvalue weighted by Crippen LogP contribution is 2.44. The molecule has 0 fully saturated rings. The molecule has 0 atom stereocenters. The number of hydrogen-bond donors (Lipinski definition) is 2. The number of aromatic nitrogens is 3. The molecule has 3 heterocycles. The molecule has 0 aliphatic carbocycles. The molecule has 0 saturated heterocycles. The van der Waals surface area contributed by atoms with Gasteiger partial charge in [0.25, 0.3) is 11.8 Å². The van der Waals surface area contributed by atoms with Crippen LogP contribution in [-0.2, 0) is 27.6 Å². The summed E-state index contributed by atoms with van der Waals surface area (Å²) in [5.74, 6) is -1.79. The Morgan fingerprint density at radius 3 is 2.40 bits per heavy atom. The van der Waals surface area contributed by atoms with Crippen molar-refractivity contribution in [2.24, 2.45) is 7.05 Å². The second-order valence-corrected chi connectivity index (χ2v) is 10.0. The fourth-order valence-electron chi connectivity index (χ4n) is 5.10. The van der Waals surface area contributed by atoms with E-state index >= 15 is 0 Å². The minimum Gasteiger partial charge on any atom is -0.383 e. The number of nitrogens with two attached hydrogens (primary N) is 1. The van der Waals surface area contributed by atoms with Gasteiger partial charge in [0.1, 0.15) is 29.1 Å². The van der Waals surface area contributed by atoms with Crippen LogP contribution in [0.5, 0.6) is 0 Å². The lowest BCUT2D eigenvalue weighted by Crippen LogP contribution is -2.37. The van der Waals surface area contributed by atoms with E-state index in [1.54, 1.807) is 30.3 Å². The standard InChI is InChI=1S/C31H27F3N6O3/c1-18-16-22(30(43)40(15-7-6-10-23(18)41)21-8-4-3-5-9-21)29(42)38-20-13-11-19(12-14-20)24-25-27(35)36-17-37-28(25)39(2)26(24)31(32,33)34/h3-5,8-9,11-14,16-17H,1,6-7,10,15H2,2H3,(H,38,42)(H2,35,36,37)/b22-16-. The number of Topliss-reactive ketones (excluding diaryl/α,β-unsaturated/α-hetero) is 1. The van der Waals surface area contributed by atoms with Crippen molar-refractivity contribution in [2.45, 2.75) is 25.4 Å². The highest BCUT2D eigenvalue weighted by atomic mass is 19.4. The van der Waals surface area contributed by atoms with Gasteiger partial charge in [-0.3, -0.25) is 14.4 Å². The Bertz CT molecular complexity index is 1780. The Labute approximate surface area is 244 Å². The molecule has 1 aliphatic rings. The summed E-state index contributed by atoms with van der Waals surface area (Å²) in [7, 11) is 1.25. The van der Waals surface area contributed by atoms with Crippen LogP contribution in [0.2, 0.25) is 0 Å². The van der Waals surface area contributed by atoms with E-state index in [2.05, 4.69) is 21.9 Å². The molecular formula is C31H27F3N6O3. The fraction of sp³-hybridized carbons (Fsp3) is 0.194. The number of benzene rings is 2. The number of allylic oxidation sites excluding steroid dienone is 2. The molecule has 4 aromatic rings. The number of ketones is 1. The number of anilines is 3. The molecule has 2 aromatic heterocycles. The van der Waals surface area contributed by atoms with E-state index in [1.807, 2.05) is 0 Å². The number of nitrogens with zero attached hydrogens (tertiary/aromatic N) is 4. The van der Waals surface area contributed by atoms with Crippen molar-refractivity contribution in [1.82, 2.24) is 14.5 Å². The molecule has 0 saturated carbocycles. The predicted octanol–water partition coefficient (Wildman–Crippen LogP) is 5.44. The molecule has 2 aromatic carbocycles. The van der Waals surface area contributed by atoms with Crippen molar-refractivity contribution in [3.05, 3.63) is 90.4 Å². The van der Waals surface area contributed by atoms with Crippen LogP contribution in [0.25, 0.3) is 22.2 Å². The normalized spacial score (nSPS) is 16.2. The molecule has 2 amide bonds. The van der Waals surface area contributed by atoms with Gasteiger partial charge in [0.2, 0.25) is 0 Å². The van der Waals surface area contributed by atoms with Crippen LogP contribution >= 0.6 is 0 Å². The van der Waals surface area contributed by atoms with Gasteiger partial charge in [-0.1, -0.05) is 36.9 Å². The number of halogens is 3. The quantitative estimate of drug-likeness (QED) is 0.242. The van der Waals surface area contributed by atoms with Crippen LogP contribution in [0.15, 0.2) is 84.7 Å². The number of aryl methyl sites for hydroxylation is 1. The van der Waals surface area contributed by atoms with Gasteiger partial charge in [0.05, 0.1) is 5.39 Å². The number of rotatable bonds is 4. The number of fused-ring (bicyclic) bond motifs is 1. The van der Waals surface area contributed by atoms with Crippen molar-refractivity contribution in [1.29, 1.82) is 0 Å². The maximum Gasteiger partial charge on any atom is 0.432 e. The second-order valence-electron chi connectivity index (χ2n) is 10.0. The third-order valence-corrected chi connectivity index (χ3v) is 7.20. The highest BCUT2D eigenvalue weighted by molar-refractivity contribution is 6.27. The molecule has 0 unspecified atom stereocenters. The van der Waals surface area contributed by atoms with Crippen LogP contribution < -0.4 is 16.0 Å². The first-order valence-corrected chi connectivity index (χ1v) is 13.4. The lowest BCUT2D eigenvalue weighted by Gasteiger charge is -2.25. The van der Waals surface area contributed by atoms with Crippen LogP contribution in [0.3, 0.4) is 0 Å². The summed E-state index contributed by atoms with van der Waals surface area (Å²) in [6, 6.07) is 14.5. The van der Waals surface area contributed by atoms with Gasteiger partial charge in [0, 0.05) is 42.5 Å². The molecule has 0 bridgehead atoms. The fourth-order valence-corrected chi connectivity index (χ4v) is 5.10. The zero-order chi connectivity index (χ0) is 30.9. The first kappa shape index (κ1) is 29.2. The first-order chi connectivity index (χ1) is 20.5. The maximum absolute atomic E-state index is 14.1. The second kappa shape index (κ2) is 11.6. The minimum atomic E-state index is -4.72. The third-order valence-electron chi connectivity index (χ3n) is 7.20. The number of nitrogen functional groups attached to an aromatic ring is 1. The van der Waals surface area contributed by atoms with Crippen LogP contribution in [0.4, 0.5) is 30.4 Å². The van der Waals surface area contributed by atoms with Gasteiger partial charge < -0.3 is 20.5 Å². The van der Waals surface area contributed by atoms with E-state index in [4.69, 9.17) is 5.73 Å². The Morgan fingerprint density at radius 2 is 1.72 bits per heavy atom. The predicted molar refractivity (Wildman–Crippen MR) is 157 cm³/mol. The van der Waals surface area contributed by atoms with Crippen molar-refractivity contribution < 1.29 is 27.6 Å². The molecule has 1 aliphatic heterocycles. The van der Waals surface area contributed by atoms with Crippen LogP contribution in [0.1, 0.15) is 25.0 Å². The number of amides is 2. The lowest BCUT2D eigenvalue weighted by atomic mass is 10.0. The largest absolute Gasteiger partial charge is 0.432 e. The molecule has 0 spiro atoms. The summed E-state index contributed by atoms with van der Waals surface area (Å²) in [4.78, 5) is 49.0. The molecule has 220 valence electrons. The molecule has 9 nitrogen and oxygen atoms in total. The van der Waals surface area contributed by atoms with Crippen molar-refractivity contribution in [3.8, 4) is 11.1 Å². The van der Waals surface area contributed by atoms with Gasteiger partial charge in [-0.25, -0.2) is 9.97 Å². The van der Waals surface area contributed by atoms with E-state index in [1.165, 1.54) is 42.3 Å². The molecule has 12 heteroatoms. The highest BCUT2D eigenvalue weighted by Gasteiger charge is 2.40. The van der Waals surface area contributed by atoms with E-state index in [9.17, 15) is 27.6 Å². The van der Waals surface area contributed by atoms with Gasteiger partial charge in [-0.2, -0.15) is 13.2 Å². The summed E-state index contributed by atoms with van der Waals surface area (Å²) < 4.78 is 43.4. The number of alkyl halides is 3. The number of para-hydroxylation sites is 1. The zero-order valence-electron chi connectivity index (χ0n) is 23.1. The number of hydrogen-bond acceptors (Lipinski definition) is 6. The first-order valence-electron chi connectivity index (χ1n) is 13.4. The summed E-state index contributed by atoms with van der Waals surface area (Å²) in [6.07, 6.45) is -1.12. The van der Waals surface area contributed by atoms with E-state index in [0.717, 1.165) is 10.9 Å². The van der Waals surface area contributed by atoms with Gasteiger partial charge >= 0.3 is 6.18 Å². The Kier molecular flexibility index (Phi) is 7.85. The molecule has 0 radical (unpaired) electrons. The summed E-state index contributed by atoms with van der Waals surface area (Å²) >= 11 is 0. The Morgan fingerprint density at radius 1 is 1.02 bits per heavy atom. The Balaban J connectivity index is 1.49. The van der Waals surface area contributed by atoms with E-state index < -0.39 is 23.7 Å². The number of carbonyl (C=O) groups is 3. The average Bonchev–Trinajstić information content (AvgIpc) is 3.29. The molecule has 3 N–H and O–H groups in total. The minimum absolute atomic E-state index is 0.0198. The zero-order valence-corrected chi connectivity index (χ0v) is 23.1.